The van der Waals surface area contributed by atoms with Crippen LogP contribution in [0.2, 0.25) is 0 Å². The van der Waals surface area contributed by atoms with Gasteiger partial charge < -0.3 is 10.5 Å². The summed E-state index contributed by atoms with van der Waals surface area (Å²) >= 11 is 0. The summed E-state index contributed by atoms with van der Waals surface area (Å²) in [6, 6.07) is 11.4. The minimum absolute atomic E-state index is 0.00959. The van der Waals surface area contributed by atoms with E-state index in [1.165, 1.54) is 12.1 Å². The highest BCUT2D eigenvalue weighted by molar-refractivity contribution is 7.85. The molecule has 1 unspecified atom stereocenters. The zero-order valence-electron chi connectivity index (χ0n) is 11.4. The van der Waals surface area contributed by atoms with Gasteiger partial charge in [0.15, 0.2) is 0 Å². The molecule has 21 heavy (non-hydrogen) atoms. The molecular formula is C16H16FNO2S. The minimum Gasteiger partial charge on any atom is -0.489 e. The molecule has 2 aromatic carbocycles. The Labute approximate surface area is 125 Å². The normalized spacial score (nSPS) is 18.7. The third-order valence-electron chi connectivity index (χ3n) is 3.56. The van der Waals surface area contributed by atoms with Crippen LogP contribution in [-0.2, 0) is 17.2 Å². The number of hydrogen-bond acceptors (Lipinski definition) is 3. The number of rotatable bonds is 3. The van der Waals surface area contributed by atoms with Gasteiger partial charge in [-0.05, 0) is 48.7 Å². The van der Waals surface area contributed by atoms with Crippen LogP contribution in [-0.4, -0.2) is 16.9 Å². The van der Waals surface area contributed by atoms with Gasteiger partial charge in [-0.15, -0.1) is 0 Å². The molecule has 2 aromatic rings. The quantitative estimate of drug-likeness (QED) is 0.948. The molecule has 0 fully saturated rings. The fourth-order valence-corrected chi connectivity index (χ4v) is 3.51. The second kappa shape index (κ2) is 5.95. The number of ether oxygens (including phenoxy) is 1. The second-order valence-corrected chi connectivity index (χ2v) is 6.49. The Morgan fingerprint density at radius 1 is 1.24 bits per heavy atom. The Morgan fingerprint density at radius 2 is 2.05 bits per heavy atom. The van der Waals surface area contributed by atoms with E-state index < -0.39 is 16.6 Å². The van der Waals surface area contributed by atoms with Crippen molar-refractivity contribution in [3.63, 3.8) is 0 Å². The van der Waals surface area contributed by atoms with Crippen molar-refractivity contribution in [3.8, 4) is 5.75 Å². The molecule has 0 amide bonds. The number of fused-ring (bicyclic) bond motifs is 1. The Kier molecular flexibility index (Phi) is 4.03. The Bertz CT molecular complexity index is 690. The van der Waals surface area contributed by atoms with Gasteiger partial charge in [0.05, 0.1) is 10.8 Å². The summed E-state index contributed by atoms with van der Waals surface area (Å²) in [7, 11) is -1.42. The highest BCUT2D eigenvalue weighted by atomic mass is 32.2. The van der Waals surface area contributed by atoms with E-state index in [1.807, 2.05) is 12.1 Å². The van der Waals surface area contributed by atoms with Crippen LogP contribution in [0.4, 0.5) is 4.39 Å². The number of aryl methyl sites for hydroxylation is 1. The van der Waals surface area contributed by atoms with Gasteiger partial charge in [0, 0.05) is 16.3 Å². The van der Waals surface area contributed by atoms with Crippen molar-refractivity contribution < 1.29 is 13.3 Å². The molecule has 1 heterocycles. The van der Waals surface area contributed by atoms with Crippen LogP contribution < -0.4 is 10.5 Å². The van der Waals surface area contributed by atoms with Crippen molar-refractivity contribution in [3.05, 3.63) is 53.8 Å². The molecule has 0 aliphatic carbocycles. The molecule has 3 rings (SSSR count). The molecule has 0 aromatic heterocycles. The monoisotopic (exact) mass is 305 g/mol. The van der Waals surface area contributed by atoms with Crippen molar-refractivity contribution in [2.75, 3.05) is 6.54 Å². The lowest BCUT2D eigenvalue weighted by atomic mass is 10.0. The van der Waals surface area contributed by atoms with Crippen LogP contribution in [0, 0.1) is 5.82 Å². The molecule has 3 nitrogen and oxygen atoms in total. The van der Waals surface area contributed by atoms with E-state index >= 15 is 0 Å². The van der Waals surface area contributed by atoms with Crippen LogP contribution in [0.5, 0.6) is 5.75 Å². The van der Waals surface area contributed by atoms with Gasteiger partial charge in [-0.2, -0.15) is 0 Å². The van der Waals surface area contributed by atoms with E-state index in [0.29, 0.717) is 16.3 Å². The number of hydrogen-bond donors (Lipinski definition) is 1. The molecule has 1 aliphatic heterocycles. The maximum absolute atomic E-state index is 13.2. The first-order chi connectivity index (χ1) is 10.2. The van der Waals surface area contributed by atoms with Crippen molar-refractivity contribution >= 4 is 10.8 Å². The van der Waals surface area contributed by atoms with E-state index in [9.17, 15) is 8.60 Å². The lowest BCUT2D eigenvalue weighted by molar-refractivity contribution is 0.181. The van der Waals surface area contributed by atoms with E-state index in [2.05, 4.69) is 0 Å². The Morgan fingerprint density at radius 3 is 2.81 bits per heavy atom. The lowest BCUT2D eigenvalue weighted by Gasteiger charge is -2.25. The number of benzene rings is 2. The highest BCUT2D eigenvalue weighted by Gasteiger charge is 2.20. The topological polar surface area (TPSA) is 52.3 Å². The molecule has 0 saturated carbocycles. The van der Waals surface area contributed by atoms with Gasteiger partial charge in [0.25, 0.3) is 0 Å². The maximum Gasteiger partial charge on any atom is 0.124 e. The molecule has 110 valence electrons. The summed E-state index contributed by atoms with van der Waals surface area (Å²) in [6.07, 6.45) is 1.82. The average Bonchev–Trinajstić information content (AvgIpc) is 2.53. The van der Waals surface area contributed by atoms with Gasteiger partial charge in [0.2, 0.25) is 0 Å². The van der Waals surface area contributed by atoms with E-state index in [1.54, 1.807) is 18.2 Å². The van der Waals surface area contributed by atoms with Crippen molar-refractivity contribution in [2.24, 2.45) is 5.73 Å². The van der Waals surface area contributed by atoms with Crippen molar-refractivity contribution in [1.29, 1.82) is 0 Å². The first-order valence-corrected chi connectivity index (χ1v) is 7.99. The first-order valence-electron chi connectivity index (χ1n) is 6.84. The minimum atomic E-state index is -1.42. The van der Waals surface area contributed by atoms with Gasteiger partial charge in [0.1, 0.15) is 17.7 Å². The summed E-state index contributed by atoms with van der Waals surface area (Å²) < 4.78 is 31.5. The van der Waals surface area contributed by atoms with Crippen LogP contribution in [0.15, 0.2) is 52.3 Å². The average molecular weight is 305 g/mol. The Hall–Kier alpha value is -1.72. The van der Waals surface area contributed by atoms with Crippen molar-refractivity contribution in [1.82, 2.24) is 0 Å². The highest BCUT2D eigenvalue weighted by Crippen LogP contribution is 2.30. The molecule has 0 bridgehead atoms. The molecule has 1 aliphatic rings. The lowest BCUT2D eigenvalue weighted by Crippen LogP contribution is -2.30. The predicted molar refractivity (Wildman–Crippen MR) is 79.3 cm³/mol. The predicted octanol–water partition coefficient (Wildman–Crippen LogP) is 2.64. The summed E-state index contributed by atoms with van der Waals surface area (Å²) in [5.41, 5.74) is 6.74. The van der Waals surface area contributed by atoms with Crippen LogP contribution in [0.1, 0.15) is 12.0 Å². The molecule has 0 radical (unpaired) electrons. The van der Waals surface area contributed by atoms with E-state index in [-0.39, 0.29) is 6.10 Å². The SMILES string of the molecule is NC[C@H]1CCc2ccc(S(=O)c3cccc(F)c3)cc2O1. The number of halogens is 1. The summed E-state index contributed by atoms with van der Waals surface area (Å²) in [6.45, 7) is 0.469. The molecular weight excluding hydrogens is 289 g/mol. The summed E-state index contributed by atoms with van der Waals surface area (Å²) in [5, 5.41) is 0. The molecule has 2 atom stereocenters. The maximum atomic E-state index is 13.2. The van der Waals surface area contributed by atoms with Gasteiger partial charge in [-0.25, -0.2) is 8.60 Å². The van der Waals surface area contributed by atoms with Gasteiger partial charge in [-0.1, -0.05) is 12.1 Å². The smallest absolute Gasteiger partial charge is 0.124 e. The summed E-state index contributed by atoms with van der Waals surface area (Å²) in [4.78, 5) is 1.05. The standard InChI is InChI=1S/C16H16FNO2S/c17-12-2-1-3-14(8-12)21(19)15-7-5-11-4-6-13(10-18)20-16(11)9-15/h1-3,5,7-9,13H,4,6,10,18H2/t13-,21?/m1/s1. The van der Waals surface area contributed by atoms with Crippen LogP contribution in [0.25, 0.3) is 0 Å². The molecule has 0 saturated heterocycles. The zero-order valence-corrected chi connectivity index (χ0v) is 12.2. The van der Waals surface area contributed by atoms with Crippen LogP contribution in [0.3, 0.4) is 0 Å². The fraction of sp³-hybridized carbons (Fsp3) is 0.250. The Balaban J connectivity index is 1.91. The second-order valence-electron chi connectivity index (χ2n) is 5.01. The van der Waals surface area contributed by atoms with Crippen molar-refractivity contribution in [2.45, 2.75) is 28.7 Å². The fourth-order valence-electron chi connectivity index (χ4n) is 2.41. The summed E-state index contributed by atoms with van der Waals surface area (Å²) in [5.74, 6) is 0.345. The van der Waals surface area contributed by atoms with Gasteiger partial charge in [-0.3, -0.25) is 0 Å². The molecule has 0 spiro atoms. The first kappa shape index (κ1) is 14.2. The third kappa shape index (κ3) is 2.99. The largest absolute Gasteiger partial charge is 0.489 e. The van der Waals surface area contributed by atoms with Crippen LogP contribution >= 0.6 is 0 Å². The zero-order chi connectivity index (χ0) is 14.8. The third-order valence-corrected chi connectivity index (χ3v) is 4.92. The van der Waals surface area contributed by atoms with E-state index in [4.69, 9.17) is 10.5 Å². The molecule has 2 N–H and O–H groups in total. The number of nitrogens with two attached hydrogens (primary N) is 1. The molecule has 5 heteroatoms. The van der Waals surface area contributed by atoms with Gasteiger partial charge >= 0.3 is 0 Å². The van der Waals surface area contributed by atoms with E-state index in [0.717, 1.165) is 24.2 Å².